The molecule has 0 N–H and O–H groups in total. The molecule has 0 aliphatic rings. The van der Waals surface area contributed by atoms with Crippen LogP contribution in [0.4, 0.5) is 0 Å². The Labute approximate surface area is 139 Å². The van der Waals surface area contributed by atoms with Gasteiger partial charge in [-0.15, -0.1) is 23.2 Å². The van der Waals surface area contributed by atoms with E-state index in [4.69, 9.17) is 23.2 Å². The number of rotatable bonds is 4. The van der Waals surface area contributed by atoms with Crippen molar-refractivity contribution < 1.29 is 0 Å². The minimum atomic E-state index is 0.483. The molecule has 3 aromatic rings. The van der Waals surface area contributed by atoms with Crippen molar-refractivity contribution in [1.82, 2.24) is 9.97 Å². The van der Waals surface area contributed by atoms with Crippen LogP contribution in [0.15, 0.2) is 60.9 Å². The van der Waals surface area contributed by atoms with Crippen molar-refractivity contribution in [2.45, 2.75) is 11.8 Å². The molecule has 22 heavy (non-hydrogen) atoms. The van der Waals surface area contributed by atoms with Gasteiger partial charge in [0.2, 0.25) is 0 Å². The third-order valence-corrected chi connectivity index (χ3v) is 4.02. The molecule has 0 bridgehead atoms. The Morgan fingerprint density at radius 1 is 0.682 bits per heavy atom. The van der Waals surface area contributed by atoms with E-state index >= 15 is 0 Å². The highest BCUT2D eigenvalue weighted by molar-refractivity contribution is 6.17. The summed E-state index contributed by atoms with van der Waals surface area (Å²) in [4.78, 5) is 8.94. The van der Waals surface area contributed by atoms with Crippen LogP contribution in [0, 0.1) is 0 Å². The topological polar surface area (TPSA) is 25.8 Å². The summed E-state index contributed by atoms with van der Waals surface area (Å²) in [5, 5.41) is 0. The summed E-state index contributed by atoms with van der Waals surface area (Å²) < 4.78 is 0. The number of hydrogen-bond acceptors (Lipinski definition) is 2. The number of hydrogen-bond donors (Lipinski definition) is 0. The highest BCUT2D eigenvalue weighted by Crippen LogP contribution is 2.22. The molecule has 110 valence electrons. The fraction of sp³-hybridized carbons (Fsp3) is 0.111. The molecule has 0 saturated heterocycles. The SMILES string of the molecule is ClCc1cccc(-c2cnc(-c3cccc(CCl)c3)nc2)c1. The summed E-state index contributed by atoms with van der Waals surface area (Å²) in [7, 11) is 0. The van der Waals surface area contributed by atoms with Gasteiger partial charge >= 0.3 is 0 Å². The maximum Gasteiger partial charge on any atom is 0.159 e. The second kappa shape index (κ2) is 6.91. The van der Waals surface area contributed by atoms with Gasteiger partial charge in [-0.3, -0.25) is 0 Å². The summed E-state index contributed by atoms with van der Waals surface area (Å²) >= 11 is 11.7. The van der Waals surface area contributed by atoms with E-state index in [0.29, 0.717) is 17.6 Å². The van der Waals surface area contributed by atoms with E-state index in [0.717, 1.165) is 27.8 Å². The van der Waals surface area contributed by atoms with Gasteiger partial charge in [-0.1, -0.05) is 36.4 Å². The Balaban J connectivity index is 1.91. The van der Waals surface area contributed by atoms with Gasteiger partial charge < -0.3 is 0 Å². The van der Waals surface area contributed by atoms with Gasteiger partial charge in [0.15, 0.2) is 5.82 Å². The van der Waals surface area contributed by atoms with E-state index in [9.17, 15) is 0 Å². The standard InChI is InChI=1S/C18H14Cl2N2/c19-9-13-3-1-5-15(7-13)17-11-21-18(22-12-17)16-6-2-4-14(8-16)10-20/h1-8,11-12H,9-10H2. The minimum Gasteiger partial charge on any atom is -0.236 e. The third-order valence-electron chi connectivity index (χ3n) is 3.41. The van der Waals surface area contributed by atoms with E-state index in [1.807, 2.05) is 54.9 Å². The van der Waals surface area contributed by atoms with Crippen LogP contribution in [0.3, 0.4) is 0 Å². The van der Waals surface area contributed by atoms with E-state index in [2.05, 4.69) is 16.0 Å². The Hall–Kier alpha value is -1.90. The van der Waals surface area contributed by atoms with Gasteiger partial charge in [-0.2, -0.15) is 0 Å². The molecule has 0 amide bonds. The smallest absolute Gasteiger partial charge is 0.159 e. The van der Waals surface area contributed by atoms with Crippen LogP contribution in [0.2, 0.25) is 0 Å². The van der Waals surface area contributed by atoms with Crippen molar-refractivity contribution in [3.63, 3.8) is 0 Å². The third kappa shape index (κ3) is 3.29. The van der Waals surface area contributed by atoms with E-state index in [-0.39, 0.29) is 0 Å². The first-order chi connectivity index (χ1) is 10.8. The normalized spacial score (nSPS) is 10.6. The summed E-state index contributed by atoms with van der Waals surface area (Å²) in [5.74, 6) is 1.68. The number of benzene rings is 2. The minimum absolute atomic E-state index is 0.483. The number of alkyl halides is 2. The van der Waals surface area contributed by atoms with Crippen LogP contribution < -0.4 is 0 Å². The second-order valence-corrected chi connectivity index (χ2v) is 5.50. The Bertz CT molecular complexity index is 704. The van der Waals surface area contributed by atoms with Crippen molar-refractivity contribution in [2.24, 2.45) is 0 Å². The van der Waals surface area contributed by atoms with E-state index in [1.165, 1.54) is 0 Å². The molecule has 0 aliphatic heterocycles. The Kier molecular flexibility index (Phi) is 4.71. The van der Waals surface area contributed by atoms with Crippen molar-refractivity contribution in [3.8, 4) is 22.5 Å². The van der Waals surface area contributed by atoms with Crippen LogP contribution in [0.1, 0.15) is 11.1 Å². The molecule has 3 rings (SSSR count). The van der Waals surface area contributed by atoms with Crippen LogP contribution in [0.5, 0.6) is 0 Å². The lowest BCUT2D eigenvalue weighted by Crippen LogP contribution is -1.91. The average Bonchev–Trinajstić information content (AvgIpc) is 2.62. The number of halogens is 2. The Morgan fingerprint density at radius 2 is 1.23 bits per heavy atom. The fourth-order valence-corrected chi connectivity index (χ4v) is 2.59. The van der Waals surface area contributed by atoms with Gasteiger partial charge in [0.1, 0.15) is 0 Å². The molecule has 0 saturated carbocycles. The first-order valence-electron chi connectivity index (χ1n) is 6.93. The van der Waals surface area contributed by atoms with Gasteiger partial charge in [0.25, 0.3) is 0 Å². The zero-order valence-corrected chi connectivity index (χ0v) is 13.3. The second-order valence-electron chi connectivity index (χ2n) is 4.96. The average molecular weight is 329 g/mol. The molecule has 2 aromatic carbocycles. The Morgan fingerprint density at radius 3 is 1.82 bits per heavy atom. The van der Waals surface area contributed by atoms with Crippen LogP contribution in [-0.4, -0.2) is 9.97 Å². The zero-order valence-electron chi connectivity index (χ0n) is 11.8. The summed E-state index contributed by atoms with van der Waals surface area (Å²) in [5.41, 5.74) is 5.15. The molecule has 0 unspecified atom stereocenters. The lowest BCUT2D eigenvalue weighted by molar-refractivity contribution is 1.17. The van der Waals surface area contributed by atoms with Crippen LogP contribution in [0.25, 0.3) is 22.5 Å². The monoisotopic (exact) mass is 328 g/mol. The predicted octanol–water partition coefficient (Wildman–Crippen LogP) is 5.29. The highest BCUT2D eigenvalue weighted by atomic mass is 35.5. The molecule has 0 spiro atoms. The lowest BCUT2D eigenvalue weighted by Gasteiger charge is -2.05. The number of aromatic nitrogens is 2. The van der Waals surface area contributed by atoms with Crippen molar-refractivity contribution >= 4 is 23.2 Å². The molecule has 2 nitrogen and oxygen atoms in total. The van der Waals surface area contributed by atoms with Gasteiger partial charge in [0, 0.05) is 35.3 Å². The molecule has 0 fully saturated rings. The van der Waals surface area contributed by atoms with Gasteiger partial charge in [-0.25, -0.2) is 9.97 Å². The highest BCUT2D eigenvalue weighted by Gasteiger charge is 2.04. The summed E-state index contributed by atoms with van der Waals surface area (Å²) in [6, 6.07) is 16.0. The molecule has 1 heterocycles. The molecular weight excluding hydrogens is 315 g/mol. The number of nitrogens with zero attached hydrogens (tertiary/aromatic N) is 2. The van der Waals surface area contributed by atoms with Gasteiger partial charge in [-0.05, 0) is 28.8 Å². The lowest BCUT2D eigenvalue weighted by atomic mass is 10.1. The predicted molar refractivity (Wildman–Crippen MR) is 92.0 cm³/mol. The summed E-state index contributed by atoms with van der Waals surface area (Å²) in [6.45, 7) is 0. The zero-order chi connectivity index (χ0) is 15.4. The van der Waals surface area contributed by atoms with Crippen molar-refractivity contribution in [3.05, 3.63) is 72.1 Å². The van der Waals surface area contributed by atoms with Crippen LogP contribution in [-0.2, 0) is 11.8 Å². The molecule has 0 atom stereocenters. The van der Waals surface area contributed by atoms with Gasteiger partial charge in [0.05, 0.1) is 0 Å². The summed E-state index contributed by atoms with van der Waals surface area (Å²) in [6.07, 6.45) is 3.67. The molecular formula is C18H14Cl2N2. The quantitative estimate of drug-likeness (QED) is 0.608. The van der Waals surface area contributed by atoms with Crippen molar-refractivity contribution in [1.29, 1.82) is 0 Å². The first-order valence-corrected chi connectivity index (χ1v) is 7.99. The van der Waals surface area contributed by atoms with E-state index < -0.39 is 0 Å². The maximum absolute atomic E-state index is 5.88. The first kappa shape index (κ1) is 15.0. The fourth-order valence-electron chi connectivity index (χ4n) is 2.25. The molecule has 4 heteroatoms. The molecule has 1 aromatic heterocycles. The maximum atomic E-state index is 5.88. The van der Waals surface area contributed by atoms with E-state index in [1.54, 1.807) is 0 Å². The molecule has 0 radical (unpaired) electrons. The van der Waals surface area contributed by atoms with Crippen molar-refractivity contribution in [2.75, 3.05) is 0 Å². The largest absolute Gasteiger partial charge is 0.236 e. The molecule has 0 aliphatic carbocycles. The van der Waals surface area contributed by atoms with Crippen LogP contribution >= 0.6 is 23.2 Å².